The molecular weight excluding hydrogens is 263 g/mol. The lowest BCUT2D eigenvalue weighted by Crippen LogP contribution is -2.39. The van der Waals surface area contributed by atoms with Crippen molar-refractivity contribution >= 4 is 17.3 Å². The van der Waals surface area contributed by atoms with E-state index in [-0.39, 0.29) is 16.9 Å². The first kappa shape index (κ1) is 14.6. The molecule has 0 aliphatic carbocycles. The number of rotatable bonds is 4. The van der Waals surface area contributed by atoms with Crippen LogP contribution in [0.3, 0.4) is 0 Å². The fourth-order valence-electron chi connectivity index (χ4n) is 2.75. The van der Waals surface area contributed by atoms with E-state index < -0.39 is 0 Å². The number of likely N-dealkylation sites (tertiary alicyclic amines) is 1. The van der Waals surface area contributed by atoms with E-state index in [1.54, 1.807) is 18.2 Å². The molecule has 1 heterocycles. The van der Waals surface area contributed by atoms with Gasteiger partial charge in [0, 0.05) is 6.04 Å². The van der Waals surface area contributed by atoms with Gasteiger partial charge in [-0.3, -0.25) is 0 Å². The second-order valence-electron chi connectivity index (χ2n) is 5.31. The average molecular weight is 285 g/mol. The summed E-state index contributed by atoms with van der Waals surface area (Å²) in [6, 6.07) is 5.37. The maximum absolute atomic E-state index is 13.8. The van der Waals surface area contributed by atoms with Crippen LogP contribution < -0.4 is 5.32 Å². The Morgan fingerprint density at radius 3 is 2.74 bits per heavy atom. The van der Waals surface area contributed by atoms with Crippen molar-refractivity contribution in [3.63, 3.8) is 0 Å². The Morgan fingerprint density at radius 1 is 1.42 bits per heavy atom. The molecule has 1 N–H and O–H groups in total. The number of halogens is 2. The van der Waals surface area contributed by atoms with E-state index in [4.69, 9.17) is 11.6 Å². The summed E-state index contributed by atoms with van der Waals surface area (Å²) >= 11 is 5.80. The molecule has 0 bridgehead atoms. The van der Waals surface area contributed by atoms with E-state index in [0.717, 1.165) is 19.6 Å². The second kappa shape index (κ2) is 6.58. The first-order valence-electron chi connectivity index (χ1n) is 7.04. The first-order valence-corrected chi connectivity index (χ1v) is 7.42. The minimum Gasteiger partial charge on any atom is -0.380 e. The topological polar surface area (TPSA) is 15.3 Å². The molecule has 1 aromatic carbocycles. The summed E-state index contributed by atoms with van der Waals surface area (Å²) in [5.41, 5.74) is 0.512. The zero-order chi connectivity index (χ0) is 13.8. The lowest BCUT2D eigenvalue weighted by molar-refractivity contribution is 0.183. The van der Waals surface area contributed by atoms with Crippen LogP contribution in [0.5, 0.6) is 0 Å². The van der Waals surface area contributed by atoms with E-state index in [1.165, 1.54) is 12.8 Å². The van der Waals surface area contributed by atoms with Crippen molar-refractivity contribution in [3.05, 3.63) is 29.0 Å². The monoisotopic (exact) mass is 284 g/mol. The average Bonchev–Trinajstić information content (AvgIpc) is 2.44. The summed E-state index contributed by atoms with van der Waals surface area (Å²) in [6.07, 6.45) is 2.34. The Labute approximate surface area is 119 Å². The van der Waals surface area contributed by atoms with Crippen LogP contribution in [0.2, 0.25) is 5.02 Å². The molecule has 0 spiro atoms. The molecule has 2 rings (SSSR count). The Bertz CT molecular complexity index is 417. The normalized spacial score (nSPS) is 19.4. The number of piperidine rings is 1. The van der Waals surface area contributed by atoms with Gasteiger partial charge >= 0.3 is 0 Å². The molecule has 0 aromatic heterocycles. The molecule has 1 aliphatic heterocycles. The zero-order valence-electron chi connectivity index (χ0n) is 11.6. The second-order valence-corrected chi connectivity index (χ2v) is 5.71. The zero-order valence-corrected chi connectivity index (χ0v) is 12.4. The molecule has 1 saturated heterocycles. The smallest absolute Gasteiger partial charge is 0.164 e. The summed E-state index contributed by atoms with van der Waals surface area (Å²) in [5, 5.41) is 3.45. The summed E-state index contributed by atoms with van der Waals surface area (Å²) < 4.78 is 13.8. The quantitative estimate of drug-likeness (QED) is 0.899. The summed E-state index contributed by atoms with van der Waals surface area (Å²) in [7, 11) is 0. The van der Waals surface area contributed by atoms with Crippen molar-refractivity contribution in [2.45, 2.75) is 32.7 Å². The van der Waals surface area contributed by atoms with Gasteiger partial charge in [0.1, 0.15) is 0 Å². The Balaban J connectivity index is 1.94. The molecule has 0 saturated carbocycles. The van der Waals surface area contributed by atoms with Gasteiger partial charge in [-0.25, -0.2) is 4.39 Å². The summed E-state index contributed by atoms with van der Waals surface area (Å²) in [6.45, 7) is 7.74. The molecule has 1 aromatic rings. The van der Waals surface area contributed by atoms with E-state index in [9.17, 15) is 4.39 Å². The predicted molar refractivity (Wildman–Crippen MR) is 79.3 cm³/mol. The van der Waals surface area contributed by atoms with Gasteiger partial charge in [-0.2, -0.15) is 0 Å². The molecule has 2 nitrogen and oxygen atoms in total. The number of hydrogen-bond donors (Lipinski definition) is 1. The van der Waals surface area contributed by atoms with Gasteiger partial charge in [-0.1, -0.05) is 24.6 Å². The highest BCUT2D eigenvalue weighted by Crippen LogP contribution is 2.26. The fourth-order valence-corrected chi connectivity index (χ4v) is 2.92. The fraction of sp³-hybridized carbons (Fsp3) is 0.600. The maximum Gasteiger partial charge on any atom is 0.164 e. The van der Waals surface area contributed by atoms with Crippen LogP contribution in [0.25, 0.3) is 0 Å². The minimum atomic E-state index is -0.345. The van der Waals surface area contributed by atoms with Crippen molar-refractivity contribution in [1.29, 1.82) is 0 Å². The third kappa shape index (κ3) is 3.61. The van der Waals surface area contributed by atoms with Crippen LogP contribution >= 0.6 is 11.6 Å². The standard InChI is InChI=1S/C15H22ClFN2/c1-3-19-9-7-12(8-10-19)11(2)18-14-6-4-5-13(16)15(14)17/h4-6,11-12,18H,3,7-10H2,1-2H3. The van der Waals surface area contributed by atoms with Gasteiger partial charge in [-0.05, 0) is 57.5 Å². The van der Waals surface area contributed by atoms with Crippen molar-refractivity contribution in [2.75, 3.05) is 25.0 Å². The van der Waals surface area contributed by atoms with Crippen LogP contribution in [0.15, 0.2) is 18.2 Å². The van der Waals surface area contributed by atoms with Crippen molar-refractivity contribution in [2.24, 2.45) is 5.92 Å². The molecule has 1 atom stereocenters. The van der Waals surface area contributed by atoms with Gasteiger partial charge < -0.3 is 10.2 Å². The minimum absolute atomic E-state index is 0.179. The van der Waals surface area contributed by atoms with E-state index in [0.29, 0.717) is 11.6 Å². The highest BCUT2D eigenvalue weighted by molar-refractivity contribution is 6.31. The predicted octanol–water partition coefficient (Wildman–Crippen LogP) is 4.01. The third-order valence-corrected chi connectivity index (χ3v) is 4.41. The number of nitrogens with zero attached hydrogens (tertiary/aromatic N) is 1. The molecule has 19 heavy (non-hydrogen) atoms. The van der Waals surface area contributed by atoms with Crippen LogP contribution in [-0.2, 0) is 0 Å². The van der Waals surface area contributed by atoms with E-state index in [1.807, 2.05) is 0 Å². The van der Waals surface area contributed by atoms with E-state index >= 15 is 0 Å². The largest absolute Gasteiger partial charge is 0.380 e. The lowest BCUT2D eigenvalue weighted by atomic mass is 9.90. The number of benzene rings is 1. The van der Waals surface area contributed by atoms with Gasteiger partial charge in [0.05, 0.1) is 10.7 Å². The van der Waals surface area contributed by atoms with Gasteiger partial charge in [-0.15, -0.1) is 0 Å². The maximum atomic E-state index is 13.8. The van der Waals surface area contributed by atoms with Crippen LogP contribution in [-0.4, -0.2) is 30.6 Å². The number of hydrogen-bond acceptors (Lipinski definition) is 2. The number of nitrogens with one attached hydrogen (secondary N) is 1. The molecule has 1 fully saturated rings. The van der Waals surface area contributed by atoms with Crippen molar-refractivity contribution in [1.82, 2.24) is 4.90 Å². The van der Waals surface area contributed by atoms with Crippen LogP contribution in [0.1, 0.15) is 26.7 Å². The number of anilines is 1. The third-order valence-electron chi connectivity index (χ3n) is 4.12. The first-order chi connectivity index (χ1) is 9.11. The lowest BCUT2D eigenvalue weighted by Gasteiger charge is -2.34. The van der Waals surface area contributed by atoms with Crippen LogP contribution in [0.4, 0.5) is 10.1 Å². The van der Waals surface area contributed by atoms with Gasteiger partial charge in [0.25, 0.3) is 0 Å². The summed E-state index contributed by atoms with van der Waals surface area (Å²) in [4.78, 5) is 2.46. The molecule has 4 heteroatoms. The molecule has 1 unspecified atom stereocenters. The molecule has 106 valence electrons. The van der Waals surface area contributed by atoms with Crippen molar-refractivity contribution in [3.8, 4) is 0 Å². The highest BCUT2D eigenvalue weighted by Gasteiger charge is 2.23. The SMILES string of the molecule is CCN1CCC(C(C)Nc2cccc(Cl)c2F)CC1. The molecule has 1 aliphatic rings. The van der Waals surface area contributed by atoms with Gasteiger partial charge in [0.2, 0.25) is 0 Å². The molecule has 0 amide bonds. The van der Waals surface area contributed by atoms with Crippen molar-refractivity contribution < 1.29 is 4.39 Å². The Hall–Kier alpha value is -0.800. The molecule has 0 radical (unpaired) electrons. The highest BCUT2D eigenvalue weighted by atomic mass is 35.5. The van der Waals surface area contributed by atoms with Gasteiger partial charge in [0.15, 0.2) is 5.82 Å². The molecular formula is C15H22ClFN2. The Morgan fingerprint density at radius 2 is 2.11 bits per heavy atom. The Kier molecular flexibility index (Phi) is 5.06. The summed E-state index contributed by atoms with van der Waals surface area (Å²) in [5.74, 6) is 0.253. The van der Waals surface area contributed by atoms with E-state index in [2.05, 4.69) is 24.1 Å². The van der Waals surface area contributed by atoms with Crippen LogP contribution in [0, 0.1) is 11.7 Å².